The van der Waals surface area contributed by atoms with Gasteiger partial charge in [-0.1, -0.05) is 6.07 Å². The number of nitrogens with zero attached hydrogens (tertiary/aromatic N) is 1. The molecule has 1 atom stereocenters. The van der Waals surface area contributed by atoms with E-state index in [4.69, 9.17) is 0 Å². The monoisotopic (exact) mass is 290 g/mol. The van der Waals surface area contributed by atoms with Crippen molar-refractivity contribution in [2.45, 2.75) is 12.8 Å². The number of nitrogens with one attached hydrogen (secondary N) is 3. The van der Waals surface area contributed by atoms with Crippen LogP contribution in [-0.2, 0) is 0 Å². The molecule has 2 aromatic rings. The lowest BCUT2D eigenvalue weighted by Gasteiger charge is -2.08. The summed E-state index contributed by atoms with van der Waals surface area (Å²) in [5.41, 5.74) is 1.35. The van der Waals surface area contributed by atoms with E-state index in [-0.39, 0.29) is 5.91 Å². The van der Waals surface area contributed by atoms with Crippen molar-refractivity contribution < 1.29 is 4.79 Å². The maximum atomic E-state index is 12.0. The van der Waals surface area contributed by atoms with Gasteiger partial charge in [0.1, 0.15) is 11.4 Å². The van der Waals surface area contributed by atoms with E-state index < -0.39 is 0 Å². The Kier molecular flexibility index (Phi) is 4.13. The number of carbonyl (C=O) groups is 1. The number of thiophene rings is 1. The van der Waals surface area contributed by atoms with E-state index in [0.717, 1.165) is 36.6 Å². The molecule has 3 heterocycles. The van der Waals surface area contributed by atoms with Crippen molar-refractivity contribution in [2.75, 3.05) is 19.6 Å². The van der Waals surface area contributed by atoms with Gasteiger partial charge in [-0.15, -0.1) is 11.3 Å². The van der Waals surface area contributed by atoms with Gasteiger partial charge in [0.15, 0.2) is 0 Å². The third-order valence-electron chi connectivity index (χ3n) is 3.60. The highest BCUT2D eigenvalue weighted by Crippen LogP contribution is 2.22. The average Bonchev–Trinajstić information content (AvgIpc) is 3.20. The first-order chi connectivity index (χ1) is 9.83. The fourth-order valence-electron chi connectivity index (χ4n) is 2.43. The number of carbonyl (C=O) groups excluding carboxylic acids is 1. The second-order valence-corrected chi connectivity index (χ2v) is 6.00. The van der Waals surface area contributed by atoms with Crippen molar-refractivity contribution >= 4 is 17.2 Å². The zero-order valence-electron chi connectivity index (χ0n) is 11.2. The highest BCUT2D eigenvalue weighted by Gasteiger charge is 2.15. The molecule has 106 valence electrons. The Morgan fingerprint density at radius 1 is 1.55 bits per heavy atom. The number of hydrogen-bond donors (Lipinski definition) is 3. The molecule has 0 spiro atoms. The van der Waals surface area contributed by atoms with Gasteiger partial charge in [0.05, 0.1) is 4.88 Å². The molecule has 1 aliphatic heterocycles. The maximum Gasteiger partial charge on any atom is 0.269 e. The number of H-pyrrole nitrogens is 1. The average molecular weight is 290 g/mol. The Morgan fingerprint density at radius 3 is 3.25 bits per heavy atom. The minimum Gasteiger partial charge on any atom is -0.351 e. The van der Waals surface area contributed by atoms with Crippen LogP contribution in [0.15, 0.2) is 23.6 Å². The molecule has 0 saturated carbocycles. The molecule has 6 heteroatoms. The second-order valence-electron chi connectivity index (χ2n) is 5.05. The molecule has 3 N–H and O–H groups in total. The molecule has 1 unspecified atom stereocenters. The van der Waals surface area contributed by atoms with Gasteiger partial charge in [0.2, 0.25) is 0 Å². The maximum absolute atomic E-state index is 12.0. The number of aromatic amines is 1. The summed E-state index contributed by atoms with van der Waals surface area (Å²) in [4.78, 5) is 13.1. The smallest absolute Gasteiger partial charge is 0.269 e. The van der Waals surface area contributed by atoms with Gasteiger partial charge < -0.3 is 10.6 Å². The topological polar surface area (TPSA) is 69.8 Å². The largest absolute Gasteiger partial charge is 0.351 e. The molecular formula is C14H18N4OS. The molecule has 20 heavy (non-hydrogen) atoms. The Hall–Kier alpha value is -1.66. The van der Waals surface area contributed by atoms with Crippen LogP contribution in [0.5, 0.6) is 0 Å². The molecule has 0 aromatic carbocycles. The zero-order valence-corrected chi connectivity index (χ0v) is 12.0. The first-order valence-electron chi connectivity index (χ1n) is 6.91. The van der Waals surface area contributed by atoms with Crippen molar-refractivity contribution in [3.63, 3.8) is 0 Å². The molecule has 1 saturated heterocycles. The van der Waals surface area contributed by atoms with Crippen LogP contribution in [-0.4, -0.2) is 35.7 Å². The zero-order chi connectivity index (χ0) is 13.8. The van der Waals surface area contributed by atoms with Gasteiger partial charge in [0, 0.05) is 6.54 Å². The predicted molar refractivity (Wildman–Crippen MR) is 79.8 cm³/mol. The predicted octanol–water partition coefficient (Wildman–Crippen LogP) is 1.87. The van der Waals surface area contributed by atoms with E-state index in [1.165, 1.54) is 6.42 Å². The Bertz CT molecular complexity index is 558. The Morgan fingerprint density at radius 2 is 2.50 bits per heavy atom. The van der Waals surface area contributed by atoms with Crippen LogP contribution in [0.1, 0.15) is 23.3 Å². The fraction of sp³-hybridized carbons (Fsp3) is 0.429. The minimum atomic E-state index is -0.0775. The van der Waals surface area contributed by atoms with Gasteiger partial charge in [-0.25, -0.2) is 0 Å². The summed E-state index contributed by atoms with van der Waals surface area (Å²) in [5.74, 6) is 0.616. The Balaban J connectivity index is 1.52. The van der Waals surface area contributed by atoms with E-state index in [1.54, 1.807) is 17.4 Å². The molecule has 1 amide bonds. The number of amides is 1. The highest BCUT2D eigenvalue weighted by molar-refractivity contribution is 7.13. The molecule has 0 bridgehead atoms. The standard InChI is InChI=1S/C14H18N4OS/c19-14(16-6-4-10-3-5-15-9-10)12-8-11(17-18-12)13-2-1-7-20-13/h1-2,7-8,10,15H,3-6,9H2,(H,16,19)(H,17,18). The van der Waals surface area contributed by atoms with E-state index in [1.807, 2.05) is 17.5 Å². The van der Waals surface area contributed by atoms with E-state index in [2.05, 4.69) is 20.8 Å². The van der Waals surface area contributed by atoms with Crippen molar-refractivity contribution in [3.05, 3.63) is 29.3 Å². The van der Waals surface area contributed by atoms with Crippen LogP contribution in [0.4, 0.5) is 0 Å². The quantitative estimate of drug-likeness (QED) is 0.787. The molecule has 5 nitrogen and oxygen atoms in total. The molecular weight excluding hydrogens is 272 g/mol. The van der Waals surface area contributed by atoms with Crippen LogP contribution in [0.2, 0.25) is 0 Å². The molecule has 0 radical (unpaired) electrons. The molecule has 1 fully saturated rings. The first kappa shape index (κ1) is 13.3. The summed E-state index contributed by atoms with van der Waals surface area (Å²) in [6, 6.07) is 5.78. The summed E-state index contributed by atoms with van der Waals surface area (Å²) in [5, 5.41) is 15.3. The normalized spacial score (nSPS) is 18.3. The lowest BCUT2D eigenvalue weighted by atomic mass is 10.1. The molecule has 1 aliphatic rings. The lowest BCUT2D eigenvalue weighted by Crippen LogP contribution is -2.26. The van der Waals surface area contributed by atoms with Crippen molar-refractivity contribution in [2.24, 2.45) is 5.92 Å². The van der Waals surface area contributed by atoms with Gasteiger partial charge in [-0.2, -0.15) is 5.10 Å². The fourth-order valence-corrected chi connectivity index (χ4v) is 3.12. The van der Waals surface area contributed by atoms with Gasteiger partial charge in [-0.3, -0.25) is 9.89 Å². The van der Waals surface area contributed by atoms with Crippen LogP contribution < -0.4 is 10.6 Å². The van der Waals surface area contributed by atoms with E-state index in [0.29, 0.717) is 11.6 Å². The summed E-state index contributed by atoms with van der Waals surface area (Å²) in [7, 11) is 0. The lowest BCUT2D eigenvalue weighted by molar-refractivity contribution is 0.0946. The summed E-state index contributed by atoms with van der Waals surface area (Å²) in [6.45, 7) is 2.89. The second kappa shape index (κ2) is 6.19. The third kappa shape index (κ3) is 3.08. The highest BCUT2D eigenvalue weighted by atomic mass is 32.1. The number of hydrogen-bond acceptors (Lipinski definition) is 4. The first-order valence-corrected chi connectivity index (χ1v) is 7.79. The van der Waals surface area contributed by atoms with Crippen LogP contribution >= 0.6 is 11.3 Å². The van der Waals surface area contributed by atoms with Crippen molar-refractivity contribution in [1.29, 1.82) is 0 Å². The summed E-state index contributed by atoms with van der Waals surface area (Å²) < 4.78 is 0. The van der Waals surface area contributed by atoms with E-state index in [9.17, 15) is 4.79 Å². The van der Waals surface area contributed by atoms with Crippen LogP contribution in [0.3, 0.4) is 0 Å². The van der Waals surface area contributed by atoms with Crippen molar-refractivity contribution in [1.82, 2.24) is 20.8 Å². The Labute approximate surface area is 121 Å². The SMILES string of the molecule is O=C(NCCC1CCNC1)c1cc(-c2cccs2)n[nH]1. The minimum absolute atomic E-state index is 0.0775. The van der Waals surface area contributed by atoms with E-state index >= 15 is 0 Å². The molecule has 0 aliphatic carbocycles. The van der Waals surface area contributed by atoms with Gasteiger partial charge in [0.25, 0.3) is 5.91 Å². The van der Waals surface area contributed by atoms with Crippen LogP contribution in [0, 0.1) is 5.92 Å². The third-order valence-corrected chi connectivity index (χ3v) is 4.49. The van der Waals surface area contributed by atoms with Crippen LogP contribution in [0.25, 0.3) is 10.6 Å². The number of rotatable bonds is 5. The summed E-state index contributed by atoms with van der Waals surface area (Å²) >= 11 is 1.61. The van der Waals surface area contributed by atoms with Gasteiger partial charge >= 0.3 is 0 Å². The summed E-state index contributed by atoms with van der Waals surface area (Å²) in [6.07, 6.45) is 2.24. The van der Waals surface area contributed by atoms with Crippen molar-refractivity contribution in [3.8, 4) is 10.6 Å². The van der Waals surface area contributed by atoms with Gasteiger partial charge in [-0.05, 0) is 49.4 Å². The molecule has 2 aromatic heterocycles. The molecule has 3 rings (SSSR count). The number of aromatic nitrogens is 2.